The van der Waals surface area contributed by atoms with Gasteiger partial charge in [-0.2, -0.15) is 0 Å². The van der Waals surface area contributed by atoms with Gasteiger partial charge in [0.2, 0.25) is 0 Å². The molecule has 3 rings (SSSR count). The summed E-state index contributed by atoms with van der Waals surface area (Å²) in [5, 5.41) is 1.15. The lowest BCUT2D eigenvalue weighted by Gasteiger charge is -2.23. The third kappa shape index (κ3) is 3.49. The van der Waals surface area contributed by atoms with Crippen LogP contribution in [0.3, 0.4) is 0 Å². The zero-order chi connectivity index (χ0) is 20.4. The Balaban J connectivity index is 2.19. The Bertz CT molecular complexity index is 1030. The first-order chi connectivity index (χ1) is 13.4. The van der Waals surface area contributed by atoms with E-state index in [9.17, 15) is 4.79 Å². The number of anilines is 1. The number of benzene rings is 2. The van der Waals surface area contributed by atoms with Gasteiger partial charge in [-0.1, -0.05) is 38.1 Å². The van der Waals surface area contributed by atoms with Crippen LogP contribution >= 0.6 is 0 Å². The summed E-state index contributed by atoms with van der Waals surface area (Å²) in [6.45, 7) is 15.7. The maximum atomic E-state index is 13.7. The molecule has 3 aromatic rings. The van der Waals surface area contributed by atoms with E-state index in [4.69, 9.17) is 0 Å². The maximum Gasteiger partial charge on any atom is 0.275 e. The quantitative estimate of drug-likeness (QED) is 0.469. The topological polar surface area (TPSA) is 25.2 Å². The number of carbonyl (C=O) groups excluding carboxylic acids is 1. The molecule has 0 bridgehead atoms. The van der Waals surface area contributed by atoms with Crippen LogP contribution in [0.15, 0.2) is 55.1 Å². The van der Waals surface area contributed by atoms with Crippen molar-refractivity contribution >= 4 is 22.5 Å². The highest BCUT2D eigenvalue weighted by molar-refractivity contribution is 6.09. The van der Waals surface area contributed by atoms with Gasteiger partial charge in [-0.25, -0.2) is 0 Å². The van der Waals surface area contributed by atoms with E-state index in [1.165, 1.54) is 5.56 Å². The highest BCUT2D eigenvalue weighted by Gasteiger charge is 2.25. The van der Waals surface area contributed by atoms with Crippen molar-refractivity contribution in [1.29, 1.82) is 0 Å². The molecule has 0 radical (unpaired) electrons. The number of rotatable bonds is 6. The Morgan fingerprint density at radius 3 is 2.54 bits per heavy atom. The second-order valence-corrected chi connectivity index (χ2v) is 7.69. The van der Waals surface area contributed by atoms with Crippen LogP contribution in [0.5, 0.6) is 0 Å². The first-order valence-corrected chi connectivity index (χ1v) is 10.0. The fourth-order valence-electron chi connectivity index (χ4n) is 3.86. The summed E-state index contributed by atoms with van der Waals surface area (Å²) in [6.07, 6.45) is 1.86. The van der Waals surface area contributed by atoms with Gasteiger partial charge in [0.25, 0.3) is 5.91 Å². The SMILES string of the molecule is C=CCn1c(C(=O)N(CC)c2cccc(C)c2)c(C)c2cc(C(C)C)ccc21. The highest BCUT2D eigenvalue weighted by Crippen LogP contribution is 2.31. The van der Waals surface area contributed by atoms with Gasteiger partial charge < -0.3 is 9.47 Å². The zero-order valence-electron chi connectivity index (χ0n) is 17.6. The summed E-state index contributed by atoms with van der Waals surface area (Å²) in [4.78, 5) is 15.5. The molecule has 1 aromatic heterocycles. The van der Waals surface area contributed by atoms with E-state index in [2.05, 4.69) is 69.2 Å². The number of aryl methyl sites for hydroxylation is 2. The van der Waals surface area contributed by atoms with Crippen LogP contribution in [-0.4, -0.2) is 17.0 Å². The minimum absolute atomic E-state index is 0.0368. The van der Waals surface area contributed by atoms with E-state index in [0.717, 1.165) is 33.4 Å². The van der Waals surface area contributed by atoms with Crippen molar-refractivity contribution in [3.63, 3.8) is 0 Å². The molecule has 146 valence electrons. The van der Waals surface area contributed by atoms with Gasteiger partial charge in [0.05, 0.1) is 0 Å². The Labute approximate surface area is 168 Å². The molecular formula is C25H30N2O. The van der Waals surface area contributed by atoms with Crippen LogP contribution in [0.25, 0.3) is 10.9 Å². The van der Waals surface area contributed by atoms with Crippen molar-refractivity contribution in [2.24, 2.45) is 0 Å². The van der Waals surface area contributed by atoms with Gasteiger partial charge in [-0.05, 0) is 67.6 Å². The Hall–Kier alpha value is -2.81. The maximum absolute atomic E-state index is 13.7. The minimum Gasteiger partial charge on any atom is -0.332 e. The number of carbonyl (C=O) groups is 1. The molecule has 0 spiro atoms. The summed E-state index contributed by atoms with van der Waals surface area (Å²) < 4.78 is 2.10. The predicted molar refractivity (Wildman–Crippen MR) is 119 cm³/mol. The number of aromatic nitrogens is 1. The average molecular weight is 375 g/mol. The first-order valence-electron chi connectivity index (χ1n) is 10.0. The van der Waals surface area contributed by atoms with Crippen molar-refractivity contribution in [3.8, 4) is 0 Å². The smallest absolute Gasteiger partial charge is 0.275 e. The Morgan fingerprint density at radius 2 is 1.93 bits per heavy atom. The second kappa shape index (κ2) is 8.05. The van der Waals surface area contributed by atoms with Crippen molar-refractivity contribution < 1.29 is 4.79 Å². The first kappa shape index (κ1) is 19.9. The van der Waals surface area contributed by atoms with Crippen LogP contribution in [0.4, 0.5) is 5.69 Å². The van der Waals surface area contributed by atoms with E-state index in [0.29, 0.717) is 19.0 Å². The highest BCUT2D eigenvalue weighted by atomic mass is 16.2. The lowest BCUT2D eigenvalue weighted by molar-refractivity contribution is 0.0979. The fourth-order valence-corrected chi connectivity index (χ4v) is 3.86. The van der Waals surface area contributed by atoms with Crippen LogP contribution in [0.1, 0.15) is 53.9 Å². The predicted octanol–water partition coefficient (Wildman–Crippen LogP) is 6.23. The van der Waals surface area contributed by atoms with Gasteiger partial charge in [0.1, 0.15) is 5.69 Å². The van der Waals surface area contributed by atoms with Gasteiger partial charge in [0.15, 0.2) is 0 Å². The van der Waals surface area contributed by atoms with Crippen LogP contribution < -0.4 is 4.90 Å². The molecule has 0 saturated heterocycles. The Morgan fingerprint density at radius 1 is 1.18 bits per heavy atom. The normalized spacial score (nSPS) is 11.2. The van der Waals surface area contributed by atoms with Crippen LogP contribution in [0, 0.1) is 13.8 Å². The van der Waals surface area contributed by atoms with E-state index >= 15 is 0 Å². The summed E-state index contributed by atoms with van der Waals surface area (Å²) in [7, 11) is 0. The summed E-state index contributed by atoms with van der Waals surface area (Å²) in [5.74, 6) is 0.486. The van der Waals surface area contributed by atoms with E-state index in [-0.39, 0.29) is 5.91 Å². The number of fused-ring (bicyclic) bond motifs is 1. The Kier molecular flexibility index (Phi) is 5.73. The number of hydrogen-bond donors (Lipinski definition) is 0. The fraction of sp³-hybridized carbons (Fsp3) is 0.320. The molecule has 0 aliphatic carbocycles. The second-order valence-electron chi connectivity index (χ2n) is 7.69. The molecule has 3 heteroatoms. The largest absolute Gasteiger partial charge is 0.332 e. The standard InChI is InChI=1S/C25H30N2O/c1-7-14-27-23-13-12-20(17(3)4)16-22(23)19(6)24(27)25(28)26(8-2)21-11-9-10-18(5)15-21/h7,9-13,15-17H,1,8,14H2,2-6H3. The molecule has 0 unspecified atom stereocenters. The molecule has 28 heavy (non-hydrogen) atoms. The van der Waals surface area contributed by atoms with Crippen molar-refractivity contribution in [2.45, 2.75) is 47.1 Å². The molecular weight excluding hydrogens is 344 g/mol. The molecule has 2 aromatic carbocycles. The molecule has 0 aliphatic heterocycles. The van der Waals surface area contributed by atoms with Crippen LogP contribution in [-0.2, 0) is 6.54 Å². The third-order valence-electron chi connectivity index (χ3n) is 5.40. The lowest BCUT2D eigenvalue weighted by Crippen LogP contribution is -2.32. The molecule has 0 saturated carbocycles. The van der Waals surface area contributed by atoms with Crippen molar-refractivity contribution in [1.82, 2.24) is 4.57 Å². The summed E-state index contributed by atoms with van der Waals surface area (Å²) in [6, 6.07) is 14.7. The number of allylic oxidation sites excluding steroid dienone is 1. The monoisotopic (exact) mass is 374 g/mol. The van der Waals surface area contributed by atoms with Crippen LogP contribution in [0.2, 0.25) is 0 Å². The van der Waals surface area contributed by atoms with Gasteiger partial charge in [-0.15, -0.1) is 6.58 Å². The lowest BCUT2D eigenvalue weighted by atomic mass is 10.0. The number of hydrogen-bond acceptors (Lipinski definition) is 1. The van der Waals surface area contributed by atoms with Gasteiger partial charge in [-0.3, -0.25) is 4.79 Å². The van der Waals surface area contributed by atoms with Gasteiger partial charge >= 0.3 is 0 Å². The molecule has 1 amide bonds. The minimum atomic E-state index is 0.0368. The van der Waals surface area contributed by atoms with E-state index in [1.807, 2.05) is 30.0 Å². The molecule has 3 nitrogen and oxygen atoms in total. The zero-order valence-corrected chi connectivity index (χ0v) is 17.6. The van der Waals surface area contributed by atoms with Crippen molar-refractivity contribution in [3.05, 3.63) is 77.5 Å². The molecule has 1 heterocycles. The molecule has 0 aliphatic rings. The summed E-state index contributed by atoms with van der Waals surface area (Å²) in [5.41, 5.74) is 6.25. The molecule has 0 fully saturated rings. The van der Waals surface area contributed by atoms with Crippen molar-refractivity contribution in [2.75, 3.05) is 11.4 Å². The number of nitrogens with zero attached hydrogens (tertiary/aromatic N) is 2. The number of amides is 1. The third-order valence-corrected chi connectivity index (χ3v) is 5.40. The summed E-state index contributed by atoms with van der Waals surface area (Å²) >= 11 is 0. The van der Waals surface area contributed by atoms with Gasteiger partial charge in [0, 0.05) is 29.7 Å². The van der Waals surface area contributed by atoms with E-state index < -0.39 is 0 Å². The molecule has 0 atom stereocenters. The average Bonchev–Trinajstić information content (AvgIpc) is 2.94. The molecule has 0 N–H and O–H groups in total. The van der Waals surface area contributed by atoms with E-state index in [1.54, 1.807) is 0 Å².